The molecule has 0 bridgehead atoms. The Morgan fingerprint density at radius 2 is 2.00 bits per heavy atom. The zero-order valence-electron chi connectivity index (χ0n) is 9.44. The van der Waals surface area contributed by atoms with Crippen LogP contribution in [-0.2, 0) is 22.5 Å². The van der Waals surface area contributed by atoms with Gasteiger partial charge in [-0.2, -0.15) is 0 Å². The molecule has 0 saturated carbocycles. The third-order valence-electron chi connectivity index (χ3n) is 1.92. The summed E-state index contributed by atoms with van der Waals surface area (Å²) in [6, 6.07) is 7.98. The third kappa shape index (κ3) is 6.40. The summed E-state index contributed by atoms with van der Waals surface area (Å²) < 4.78 is 4.85. The zero-order valence-corrected chi connectivity index (χ0v) is 10.3. The van der Waals surface area contributed by atoms with Crippen molar-refractivity contribution in [2.24, 2.45) is 5.73 Å². The summed E-state index contributed by atoms with van der Waals surface area (Å²) in [6.45, 7) is 2.39. The number of esters is 1. The molecule has 0 aliphatic carbocycles. The van der Waals surface area contributed by atoms with Crippen molar-refractivity contribution < 1.29 is 9.53 Å². The van der Waals surface area contributed by atoms with Crippen molar-refractivity contribution in [3.05, 3.63) is 35.4 Å². The zero-order chi connectivity index (χ0) is 10.4. The van der Waals surface area contributed by atoms with Gasteiger partial charge in [0, 0.05) is 19.9 Å². The van der Waals surface area contributed by atoms with E-state index < -0.39 is 0 Å². The van der Waals surface area contributed by atoms with E-state index in [4.69, 9.17) is 10.5 Å². The topological polar surface area (TPSA) is 87.3 Å². The lowest BCUT2D eigenvalue weighted by Gasteiger charge is -2.03. The summed E-state index contributed by atoms with van der Waals surface area (Å²) in [6.07, 6.45) is 0.743. The average Bonchev–Trinajstić information content (AvgIpc) is 2.18. The molecule has 0 atom stereocenters. The normalized spacial score (nSPS) is 8.62. The van der Waals surface area contributed by atoms with Gasteiger partial charge in [-0.3, -0.25) is 4.79 Å². The molecule has 5 heteroatoms. The van der Waals surface area contributed by atoms with Gasteiger partial charge < -0.3 is 16.6 Å². The molecule has 16 heavy (non-hydrogen) atoms. The minimum absolute atomic E-state index is 0. The van der Waals surface area contributed by atoms with Crippen molar-refractivity contribution in [1.29, 1.82) is 0 Å². The molecule has 1 rings (SSSR count). The smallest absolute Gasteiger partial charge is 0.302 e. The highest BCUT2D eigenvalue weighted by atomic mass is 35.5. The van der Waals surface area contributed by atoms with E-state index in [0.29, 0.717) is 13.2 Å². The highest BCUT2D eigenvalue weighted by molar-refractivity contribution is 5.85. The van der Waals surface area contributed by atoms with Gasteiger partial charge in [-0.1, -0.05) is 24.3 Å². The van der Waals surface area contributed by atoms with Crippen molar-refractivity contribution in [2.75, 3.05) is 6.61 Å². The van der Waals surface area contributed by atoms with E-state index in [1.807, 2.05) is 24.3 Å². The number of carbonyl (C=O) groups is 1. The van der Waals surface area contributed by atoms with Gasteiger partial charge in [0.1, 0.15) is 0 Å². The molecular formula is C11H19ClN2O2. The van der Waals surface area contributed by atoms with Crippen LogP contribution in [0.4, 0.5) is 0 Å². The maximum atomic E-state index is 10.5. The van der Waals surface area contributed by atoms with E-state index in [-0.39, 0.29) is 24.5 Å². The Kier molecular flexibility index (Phi) is 9.89. The SMILES string of the molecule is CC(=O)OCCc1cccc(CN)c1.Cl.N. The molecule has 5 N–H and O–H groups in total. The first kappa shape index (κ1) is 17.3. The number of halogens is 1. The van der Waals surface area contributed by atoms with Crippen LogP contribution in [0.25, 0.3) is 0 Å². The number of rotatable bonds is 4. The van der Waals surface area contributed by atoms with Crippen molar-refractivity contribution in [3.8, 4) is 0 Å². The second-order valence-corrected chi connectivity index (χ2v) is 3.11. The van der Waals surface area contributed by atoms with Crippen LogP contribution < -0.4 is 11.9 Å². The van der Waals surface area contributed by atoms with Gasteiger partial charge in [0.25, 0.3) is 0 Å². The molecule has 0 aromatic heterocycles. The van der Waals surface area contributed by atoms with Crippen LogP contribution >= 0.6 is 12.4 Å². The quantitative estimate of drug-likeness (QED) is 0.794. The Morgan fingerprint density at radius 1 is 1.38 bits per heavy atom. The average molecular weight is 247 g/mol. The van der Waals surface area contributed by atoms with E-state index in [9.17, 15) is 4.79 Å². The van der Waals surface area contributed by atoms with Gasteiger partial charge in [-0.15, -0.1) is 12.4 Å². The Balaban J connectivity index is 0. The number of benzene rings is 1. The highest BCUT2D eigenvalue weighted by Gasteiger charge is 1.96. The third-order valence-corrected chi connectivity index (χ3v) is 1.92. The molecule has 0 radical (unpaired) electrons. The van der Waals surface area contributed by atoms with Crippen molar-refractivity contribution in [1.82, 2.24) is 6.15 Å². The van der Waals surface area contributed by atoms with Crippen molar-refractivity contribution >= 4 is 18.4 Å². The monoisotopic (exact) mass is 246 g/mol. The van der Waals surface area contributed by atoms with Crippen LogP contribution in [0.15, 0.2) is 24.3 Å². The molecular weight excluding hydrogens is 228 g/mol. The van der Waals surface area contributed by atoms with Crippen LogP contribution in [0.1, 0.15) is 18.1 Å². The maximum absolute atomic E-state index is 10.5. The second kappa shape index (κ2) is 9.15. The van der Waals surface area contributed by atoms with E-state index in [2.05, 4.69) is 0 Å². The predicted molar refractivity (Wildman–Crippen MR) is 66.9 cm³/mol. The fraction of sp³-hybridized carbons (Fsp3) is 0.364. The largest absolute Gasteiger partial charge is 0.466 e. The molecule has 0 unspecified atom stereocenters. The fourth-order valence-electron chi connectivity index (χ4n) is 1.22. The van der Waals surface area contributed by atoms with E-state index >= 15 is 0 Å². The van der Waals surface area contributed by atoms with Gasteiger partial charge >= 0.3 is 5.97 Å². The minimum atomic E-state index is -0.236. The molecule has 0 fully saturated rings. The first-order chi connectivity index (χ1) is 6.72. The summed E-state index contributed by atoms with van der Waals surface area (Å²) in [5.74, 6) is -0.236. The summed E-state index contributed by atoms with van der Waals surface area (Å²) in [5.41, 5.74) is 7.76. The van der Waals surface area contributed by atoms with Gasteiger partial charge in [-0.05, 0) is 11.1 Å². The molecule has 4 nitrogen and oxygen atoms in total. The Labute approximate surface area is 102 Å². The number of hydrogen-bond donors (Lipinski definition) is 2. The molecule has 1 aromatic rings. The first-order valence-corrected chi connectivity index (χ1v) is 4.63. The maximum Gasteiger partial charge on any atom is 0.302 e. The minimum Gasteiger partial charge on any atom is -0.466 e. The first-order valence-electron chi connectivity index (χ1n) is 4.63. The van der Waals surface area contributed by atoms with Crippen LogP contribution in [0.2, 0.25) is 0 Å². The molecule has 0 aliphatic rings. The summed E-state index contributed by atoms with van der Waals surface area (Å²) in [4.78, 5) is 10.5. The number of ether oxygens (including phenoxy) is 1. The summed E-state index contributed by atoms with van der Waals surface area (Å²) >= 11 is 0. The highest BCUT2D eigenvalue weighted by Crippen LogP contribution is 2.05. The van der Waals surface area contributed by atoms with Gasteiger partial charge in [-0.25, -0.2) is 0 Å². The van der Waals surface area contributed by atoms with Crippen molar-refractivity contribution in [2.45, 2.75) is 19.9 Å². The second-order valence-electron chi connectivity index (χ2n) is 3.11. The van der Waals surface area contributed by atoms with Crippen LogP contribution in [-0.4, -0.2) is 12.6 Å². The molecule has 92 valence electrons. The molecule has 0 spiro atoms. The Bertz CT molecular complexity index is 319. The van der Waals surface area contributed by atoms with Crippen LogP contribution in [0.3, 0.4) is 0 Å². The lowest BCUT2D eigenvalue weighted by molar-refractivity contribution is -0.140. The molecule has 0 saturated heterocycles. The molecule has 1 aromatic carbocycles. The predicted octanol–water partition coefficient (Wildman–Crippen LogP) is 1.83. The number of hydrogen-bond acceptors (Lipinski definition) is 4. The van der Waals surface area contributed by atoms with Gasteiger partial charge in [0.15, 0.2) is 0 Å². The lowest BCUT2D eigenvalue weighted by Crippen LogP contribution is -2.04. The van der Waals surface area contributed by atoms with Crippen molar-refractivity contribution in [3.63, 3.8) is 0 Å². The lowest BCUT2D eigenvalue weighted by atomic mass is 10.1. The fourth-order valence-corrected chi connectivity index (χ4v) is 1.22. The van der Waals surface area contributed by atoms with Gasteiger partial charge in [0.2, 0.25) is 0 Å². The standard InChI is InChI=1S/C11H15NO2.ClH.H3N/c1-9(13)14-6-5-10-3-2-4-11(7-10)8-12;;/h2-4,7H,5-6,8,12H2,1H3;1H;1H3. The Hall–Kier alpha value is -1.10. The summed E-state index contributed by atoms with van der Waals surface area (Å²) in [5, 5.41) is 0. The van der Waals surface area contributed by atoms with E-state index in [1.165, 1.54) is 6.92 Å². The van der Waals surface area contributed by atoms with E-state index in [0.717, 1.165) is 17.5 Å². The number of nitrogens with two attached hydrogens (primary N) is 1. The molecule has 0 aliphatic heterocycles. The van der Waals surface area contributed by atoms with Gasteiger partial charge in [0.05, 0.1) is 6.61 Å². The van der Waals surface area contributed by atoms with Crippen LogP contribution in [0, 0.1) is 0 Å². The van der Waals surface area contributed by atoms with E-state index in [1.54, 1.807) is 0 Å². The number of carbonyl (C=O) groups excluding carboxylic acids is 1. The molecule has 0 amide bonds. The Morgan fingerprint density at radius 3 is 2.56 bits per heavy atom. The van der Waals surface area contributed by atoms with Crippen LogP contribution in [0.5, 0.6) is 0 Å². The summed E-state index contributed by atoms with van der Waals surface area (Å²) in [7, 11) is 0. The molecule has 0 heterocycles.